The standard InChI is InChI=1S/C9H10BrNO/c1-6-3-4-8(10)9(11-6)5-7(2)12/h3-4H,5H2,1-2H3. The van der Waals surface area contributed by atoms with Gasteiger partial charge in [-0.05, 0) is 41.9 Å². The van der Waals surface area contributed by atoms with Crippen LogP contribution in [0.25, 0.3) is 0 Å². The number of carbonyl (C=O) groups is 1. The van der Waals surface area contributed by atoms with Gasteiger partial charge in [-0.15, -0.1) is 0 Å². The number of hydrogen-bond acceptors (Lipinski definition) is 2. The van der Waals surface area contributed by atoms with Crippen LogP contribution in [-0.2, 0) is 11.2 Å². The van der Waals surface area contributed by atoms with Gasteiger partial charge in [0.15, 0.2) is 0 Å². The average molecular weight is 228 g/mol. The van der Waals surface area contributed by atoms with E-state index in [-0.39, 0.29) is 5.78 Å². The fourth-order valence-electron chi connectivity index (χ4n) is 0.953. The number of ketones is 1. The number of nitrogens with zero attached hydrogens (tertiary/aromatic N) is 1. The van der Waals surface area contributed by atoms with Crippen molar-refractivity contribution in [1.29, 1.82) is 0 Å². The highest BCUT2D eigenvalue weighted by Crippen LogP contribution is 2.15. The summed E-state index contributed by atoms with van der Waals surface area (Å²) < 4.78 is 0.906. The molecule has 12 heavy (non-hydrogen) atoms. The minimum absolute atomic E-state index is 0.133. The van der Waals surface area contributed by atoms with Gasteiger partial charge in [-0.2, -0.15) is 0 Å². The normalized spacial score (nSPS) is 9.92. The van der Waals surface area contributed by atoms with Crippen molar-refractivity contribution in [2.75, 3.05) is 0 Å². The number of hydrogen-bond donors (Lipinski definition) is 0. The predicted molar refractivity (Wildman–Crippen MR) is 51.1 cm³/mol. The molecule has 0 fully saturated rings. The number of aromatic nitrogens is 1. The Labute approximate surface area is 80.1 Å². The molecular formula is C9H10BrNO. The average Bonchev–Trinajstić information content (AvgIpc) is 1.96. The predicted octanol–water partition coefficient (Wildman–Crippen LogP) is 2.28. The van der Waals surface area contributed by atoms with Crippen molar-refractivity contribution in [1.82, 2.24) is 4.98 Å². The number of aryl methyl sites for hydroxylation is 1. The lowest BCUT2D eigenvalue weighted by Gasteiger charge is -2.01. The SMILES string of the molecule is CC(=O)Cc1nc(C)ccc1Br. The van der Waals surface area contributed by atoms with Gasteiger partial charge < -0.3 is 0 Å². The van der Waals surface area contributed by atoms with Crippen LogP contribution in [0.3, 0.4) is 0 Å². The molecule has 1 aromatic heterocycles. The Hall–Kier alpha value is -0.700. The van der Waals surface area contributed by atoms with E-state index in [9.17, 15) is 4.79 Å². The first-order chi connectivity index (χ1) is 5.59. The molecule has 1 aromatic rings. The molecule has 0 aliphatic heterocycles. The Kier molecular flexibility index (Phi) is 2.98. The summed E-state index contributed by atoms with van der Waals surface area (Å²) >= 11 is 3.34. The fraction of sp³-hybridized carbons (Fsp3) is 0.333. The maximum Gasteiger partial charge on any atom is 0.135 e. The van der Waals surface area contributed by atoms with Gasteiger partial charge in [-0.3, -0.25) is 9.78 Å². The van der Waals surface area contributed by atoms with Gasteiger partial charge in [-0.25, -0.2) is 0 Å². The van der Waals surface area contributed by atoms with Crippen molar-refractivity contribution in [3.05, 3.63) is 28.0 Å². The zero-order chi connectivity index (χ0) is 9.14. The Balaban J connectivity index is 2.97. The first-order valence-electron chi connectivity index (χ1n) is 3.71. The maximum atomic E-state index is 10.8. The summed E-state index contributed by atoms with van der Waals surface area (Å²) in [6.07, 6.45) is 0.405. The quantitative estimate of drug-likeness (QED) is 0.777. The Morgan fingerprint density at radius 3 is 2.83 bits per heavy atom. The molecule has 0 N–H and O–H groups in total. The Morgan fingerprint density at radius 2 is 2.25 bits per heavy atom. The second kappa shape index (κ2) is 3.81. The molecule has 0 atom stereocenters. The molecule has 0 spiro atoms. The number of rotatable bonds is 2. The van der Waals surface area contributed by atoms with Crippen LogP contribution in [-0.4, -0.2) is 10.8 Å². The van der Waals surface area contributed by atoms with Crippen molar-refractivity contribution >= 4 is 21.7 Å². The van der Waals surface area contributed by atoms with Crippen molar-refractivity contribution in [3.63, 3.8) is 0 Å². The summed E-state index contributed by atoms with van der Waals surface area (Å²) in [6, 6.07) is 3.83. The lowest BCUT2D eigenvalue weighted by molar-refractivity contribution is -0.116. The van der Waals surface area contributed by atoms with Gasteiger partial charge in [0, 0.05) is 16.6 Å². The molecule has 0 aliphatic carbocycles. The van der Waals surface area contributed by atoms with E-state index in [0.29, 0.717) is 6.42 Å². The van der Waals surface area contributed by atoms with Crippen LogP contribution in [0.15, 0.2) is 16.6 Å². The van der Waals surface area contributed by atoms with Crippen molar-refractivity contribution in [2.45, 2.75) is 20.3 Å². The molecule has 0 amide bonds. The number of halogens is 1. The van der Waals surface area contributed by atoms with Gasteiger partial charge in [0.1, 0.15) is 5.78 Å². The maximum absolute atomic E-state index is 10.8. The number of Topliss-reactive ketones (excluding diaryl/α,β-unsaturated/α-hetero) is 1. The minimum Gasteiger partial charge on any atom is -0.300 e. The lowest BCUT2D eigenvalue weighted by atomic mass is 10.2. The number of pyridine rings is 1. The molecule has 0 saturated carbocycles. The van der Waals surface area contributed by atoms with E-state index in [1.807, 2.05) is 19.1 Å². The smallest absolute Gasteiger partial charge is 0.135 e. The zero-order valence-corrected chi connectivity index (χ0v) is 8.68. The summed E-state index contributed by atoms with van der Waals surface area (Å²) in [5.41, 5.74) is 1.76. The van der Waals surface area contributed by atoms with Crippen LogP contribution < -0.4 is 0 Å². The summed E-state index contributed by atoms with van der Waals surface area (Å²) in [7, 11) is 0. The van der Waals surface area contributed by atoms with Crippen LogP contribution in [0.5, 0.6) is 0 Å². The van der Waals surface area contributed by atoms with E-state index in [0.717, 1.165) is 15.9 Å². The molecule has 0 aliphatic rings. The topological polar surface area (TPSA) is 30.0 Å². The van der Waals surface area contributed by atoms with Gasteiger partial charge in [-0.1, -0.05) is 0 Å². The van der Waals surface area contributed by atoms with E-state index in [1.165, 1.54) is 0 Å². The Morgan fingerprint density at radius 1 is 1.58 bits per heavy atom. The molecule has 1 rings (SSSR count). The monoisotopic (exact) mass is 227 g/mol. The summed E-state index contributed by atoms with van der Waals surface area (Å²) in [4.78, 5) is 15.1. The molecule has 1 heterocycles. The third-order valence-corrected chi connectivity index (χ3v) is 2.20. The molecule has 0 aromatic carbocycles. The third-order valence-electron chi connectivity index (χ3n) is 1.47. The van der Waals surface area contributed by atoms with Crippen molar-refractivity contribution in [3.8, 4) is 0 Å². The molecule has 3 heteroatoms. The van der Waals surface area contributed by atoms with Crippen molar-refractivity contribution in [2.24, 2.45) is 0 Å². The largest absolute Gasteiger partial charge is 0.300 e. The van der Waals surface area contributed by atoms with E-state index >= 15 is 0 Å². The summed E-state index contributed by atoms with van der Waals surface area (Å²) in [5, 5.41) is 0. The first-order valence-corrected chi connectivity index (χ1v) is 4.50. The molecule has 2 nitrogen and oxygen atoms in total. The highest BCUT2D eigenvalue weighted by molar-refractivity contribution is 9.10. The van der Waals surface area contributed by atoms with E-state index in [2.05, 4.69) is 20.9 Å². The second-order valence-corrected chi connectivity index (χ2v) is 3.61. The van der Waals surface area contributed by atoms with E-state index in [4.69, 9.17) is 0 Å². The molecular weight excluding hydrogens is 218 g/mol. The zero-order valence-electron chi connectivity index (χ0n) is 7.10. The van der Waals surface area contributed by atoms with E-state index in [1.54, 1.807) is 6.92 Å². The molecule has 0 bridgehead atoms. The molecule has 0 saturated heterocycles. The summed E-state index contributed by atoms with van der Waals surface area (Å²) in [6.45, 7) is 3.48. The van der Waals surface area contributed by atoms with Crippen LogP contribution in [0, 0.1) is 6.92 Å². The molecule has 0 unspecified atom stereocenters. The first kappa shape index (κ1) is 9.39. The lowest BCUT2D eigenvalue weighted by Crippen LogP contribution is -2.01. The Bertz CT molecular complexity index is 309. The molecule has 0 radical (unpaired) electrons. The van der Waals surface area contributed by atoms with Gasteiger partial charge in [0.25, 0.3) is 0 Å². The fourth-order valence-corrected chi connectivity index (χ4v) is 1.31. The van der Waals surface area contributed by atoms with Crippen LogP contribution >= 0.6 is 15.9 Å². The minimum atomic E-state index is 0.133. The van der Waals surface area contributed by atoms with Crippen LogP contribution in [0.4, 0.5) is 0 Å². The van der Waals surface area contributed by atoms with Gasteiger partial charge in [0.2, 0.25) is 0 Å². The van der Waals surface area contributed by atoms with Gasteiger partial charge >= 0.3 is 0 Å². The van der Waals surface area contributed by atoms with Crippen LogP contribution in [0.1, 0.15) is 18.3 Å². The number of carbonyl (C=O) groups excluding carboxylic acids is 1. The van der Waals surface area contributed by atoms with Crippen molar-refractivity contribution < 1.29 is 4.79 Å². The second-order valence-electron chi connectivity index (χ2n) is 2.76. The van der Waals surface area contributed by atoms with Gasteiger partial charge in [0.05, 0.1) is 5.69 Å². The highest BCUT2D eigenvalue weighted by atomic mass is 79.9. The molecule has 64 valence electrons. The van der Waals surface area contributed by atoms with Crippen LogP contribution in [0.2, 0.25) is 0 Å². The van der Waals surface area contributed by atoms with E-state index < -0.39 is 0 Å². The highest BCUT2D eigenvalue weighted by Gasteiger charge is 2.03. The summed E-state index contributed by atoms with van der Waals surface area (Å²) in [5.74, 6) is 0.133. The third kappa shape index (κ3) is 2.41.